The number of allylic oxidation sites excluding steroid dienone is 2. The molecule has 1 heterocycles. The molecule has 0 saturated heterocycles. The van der Waals surface area contributed by atoms with E-state index in [0.717, 1.165) is 5.56 Å². The second-order valence-electron chi connectivity index (χ2n) is 2.49. The smallest absolute Gasteiger partial charge is 0.421 e. The van der Waals surface area contributed by atoms with Crippen molar-refractivity contribution >= 4 is 24.9 Å². The fourth-order valence-corrected chi connectivity index (χ4v) is 1.07. The van der Waals surface area contributed by atoms with Crippen molar-refractivity contribution < 1.29 is 14.5 Å². The van der Waals surface area contributed by atoms with Crippen molar-refractivity contribution in [3.63, 3.8) is 0 Å². The first-order valence-electron chi connectivity index (χ1n) is 3.53. The zero-order valence-corrected chi connectivity index (χ0v) is 6.19. The fraction of sp³-hybridized carbons (Fsp3) is 0. The Balaban J connectivity index is 2.47. The zero-order chi connectivity index (χ0) is 8.55. The lowest BCUT2D eigenvalue weighted by molar-refractivity contribution is 0.409. The first-order valence-corrected chi connectivity index (χ1v) is 3.53. The molecule has 4 heteroatoms. The van der Waals surface area contributed by atoms with E-state index in [9.17, 15) is 0 Å². The molecule has 1 aromatic heterocycles. The molecule has 2 rings (SSSR count). The summed E-state index contributed by atoms with van der Waals surface area (Å²) in [5.41, 5.74) is 1.00. The van der Waals surface area contributed by atoms with Gasteiger partial charge in [-0.3, -0.25) is 0 Å². The van der Waals surface area contributed by atoms with Crippen LogP contribution in [0.3, 0.4) is 0 Å². The maximum atomic E-state index is 8.78. The van der Waals surface area contributed by atoms with Gasteiger partial charge in [0.25, 0.3) is 0 Å². The van der Waals surface area contributed by atoms with Gasteiger partial charge in [-0.2, -0.15) is 0 Å². The van der Waals surface area contributed by atoms with Crippen molar-refractivity contribution in [3.05, 3.63) is 29.5 Å². The van der Waals surface area contributed by atoms with Crippen LogP contribution < -0.4 is 5.66 Å². The van der Waals surface area contributed by atoms with E-state index in [1.165, 1.54) is 0 Å². The van der Waals surface area contributed by atoms with Crippen molar-refractivity contribution in [2.24, 2.45) is 0 Å². The fourth-order valence-electron chi connectivity index (χ4n) is 1.07. The number of hydrogen-bond acceptors (Lipinski definition) is 3. The Hall–Kier alpha value is -1.35. The molecule has 0 aliphatic heterocycles. The van der Waals surface area contributed by atoms with Gasteiger partial charge in [-0.25, -0.2) is 0 Å². The summed E-state index contributed by atoms with van der Waals surface area (Å²) in [6.07, 6.45) is 8.02. The zero-order valence-electron chi connectivity index (χ0n) is 6.19. The van der Waals surface area contributed by atoms with Gasteiger partial charge in [0.1, 0.15) is 17.7 Å². The van der Waals surface area contributed by atoms with E-state index < -0.39 is 7.12 Å². The third-order valence-corrected chi connectivity index (χ3v) is 1.64. The number of fused-ring (bicyclic) bond motifs is 1. The Morgan fingerprint density at radius 2 is 2.25 bits per heavy atom. The van der Waals surface area contributed by atoms with Gasteiger partial charge in [0, 0.05) is 12.1 Å². The Morgan fingerprint density at radius 3 is 2.92 bits per heavy atom. The Morgan fingerprint density at radius 1 is 1.42 bits per heavy atom. The van der Waals surface area contributed by atoms with Crippen LogP contribution in [0.5, 0.6) is 0 Å². The standard InChI is InChI=1S/C8H6BO3/c10-9(11)8-5-6-3-1-2-4-7(6)12-8/h1,3-5,10-11H/q+1. The first kappa shape index (κ1) is 7.31. The molecule has 1 aromatic rings. The lowest BCUT2D eigenvalue weighted by atomic mass is 9.87. The highest BCUT2D eigenvalue weighted by molar-refractivity contribution is 6.57. The third kappa shape index (κ3) is 1.08. The van der Waals surface area contributed by atoms with E-state index >= 15 is 0 Å². The van der Waals surface area contributed by atoms with Gasteiger partial charge in [0.15, 0.2) is 5.66 Å². The van der Waals surface area contributed by atoms with Gasteiger partial charge in [-0.15, -0.1) is 0 Å². The van der Waals surface area contributed by atoms with Crippen LogP contribution in [-0.2, 0) is 0 Å². The van der Waals surface area contributed by atoms with Crippen LogP contribution in [0.4, 0.5) is 0 Å². The number of furan rings is 1. The minimum absolute atomic E-state index is 0.157. The summed E-state index contributed by atoms with van der Waals surface area (Å²) in [6.45, 7) is 0. The highest BCUT2D eigenvalue weighted by atomic mass is 16.4. The summed E-state index contributed by atoms with van der Waals surface area (Å²) < 4.78 is 5.10. The van der Waals surface area contributed by atoms with Crippen LogP contribution in [0, 0.1) is 6.08 Å². The second-order valence-corrected chi connectivity index (χ2v) is 2.49. The van der Waals surface area contributed by atoms with Gasteiger partial charge < -0.3 is 14.5 Å². The van der Waals surface area contributed by atoms with Gasteiger partial charge in [0.05, 0.1) is 6.08 Å². The SMILES string of the molecule is OB(O)c1cc2c(o1)C=[C+]C=C2. The summed E-state index contributed by atoms with van der Waals surface area (Å²) in [5, 5.41) is 17.6. The Bertz CT molecular complexity index is 320. The van der Waals surface area contributed by atoms with Gasteiger partial charge in [0.2, 0.25) is 5.76 Å². The lowest BCUT2D eigenvalue weighted by Crippen LogP contribution is -2.28. The van der Waals surface area contributed by atoms with Crippen LogP contribution >= 0.6 is 0 Å². The van der Waals surface area contributed by atoms with E-state index in [4.69, 9.17) is 14.5 Å². The maximum absolute atomic E-state index is 8.78. The van der Waals surface area contributed by atoms with Crippen LogP contribution in [0.1, 0.15) is 11.3 Å². The second kappa shape index (κ2) is 2.61. The molecule has 3 nitrogen and oxygen atoms in total. The van der Waals surface area contributed by atoms with Crippen molar-refractivity contribution in [3.8, 4) is 0 Å². The maximum Gasteiger partial charge on any atom is 0.528 e. The van der Waals surface area contributed by atoms with E-state index in [1.54, 1.807) is 24.3 Å². The summed E-state index contributed by atoms with van der Waals surface area (Å²) in [4.78, 5) is 0. The molecular formula is C8H6BO3+. The highest BCUT2D eigenvalue weighted by Gasteiger charge is 2.23. The van der Waals surface area contributed by atoms with Gasteiger partial charge in [-0.1, -0.05) is 0 Å². The van der Waals surface area contributed by atoms with E-state index in [0.29, 0.717) is 5.76 Å². The summed E-state index contributed by atoms with van der Waals surface area (Å²) >= 11 is 0. The summed E-state index contributed by atoms with van der Waals surface area (Å²) in [7, 11) is -1.54. The molecule has 0 aromatic carbocycles. The highest BCUT2D eigenvalue weighted by Crippen LogP contribution is 2.16. The average molecular weight is 161 g/mol. The molecule has 1 aliphatic rings. The monoisotopic (exact) mass is 161 g/mol. The lowest BCUT2D eigenvalue weighted by Gasteiger charge is -1.86. The molecular weight excluding hydrogens is 155 g/mol. The van der Waals surface area contributed by atoms with Gasteiger partial charge >= 0.3 is 7.12 Å². The normalized spacial score (nSPS) is 12.5. The summed E-state index contributed by atoms with van der Waals surface area (Å²) in [5.74, 6) is 0.612. The molecule has 0 fully saturated rings. The topological polar surface area (TPSA) is 53.6 Å². The van der Waals surface area contributed by atoms with Crippen LogP contribution in [0.2, 0.25) is 0 Å². The van der Waals surface area contributed by atoms with E-state index in [2.05, 4.69) is 6.08 Å². The quantitative estimate of drug-likeness (QED) is 0.443. The van der Waals surface area contributed by atoms with E-state index in [-0.39, 0.29) is 5.66 Å². The number of hydrogen-bond donors (Lipinski definition) is 2. The van der Waals surface area contributed by atoms with Crippen LogP contribution in [-0.4, -0.2) is 17.2 Å². The predicted octanol–water partition coefficient (Wildman–Crippen LogP) is -0.197. The van der Waals surface area contributed by atoms with Crippen LogP contribution in [0.25, 0.3) is 12.2 Å². The van der Waals surface area contributed by atoms with Crippen molar-refractivity contribution in [1.29, 1.82) is 0 Å². The molecule has 0 amide bonds. The molecule has 0 radical (unpaired) electrons. The third-order valence-electron chi connectivity index (χ3n) is 1.64. The van der Waals surface area contributed by atoms with E-state index in [1.807, 2.05) is 0 Å². The molecule has 2 N–H and O–H groups in total. The van der Waals surface area contributed by atoms with Crippen molar-refractivity contribution in [2.75, 3.05) is 0 Å². The molecule has 0 spiro atoms. The van der Waals surface area contributed by atoms with Gasteiger partial charge in [-0.05, 0) is 0 Å². The minimum Gasteiger partial charge on any atom is -0.421 e. The Kier molecular flexibility index (Phi) is 1.59. The molecule has 1 aliphatic carbocycles. The predicted molar refractivity (Wildman–Crippen MR) is 45.3 cm³/mol. The minimum atomic E-state index is -1.54. The van der Waals surface area contributed by atoms with Crippen molar-refractivity contribution in [1.82, 2.24) is 0 Å². The molecule has 0 unspecified atom stereocenters. The first-order chi connectivity index (χ1) is 5.77. The summed E-state index contributed by atoms with van der Waals surface area (Å²) in [6, 6.07) is 1.59. The molecule has 0 atom stereocenters. The molecule has 58 valence electrons. The van der Waals surface area contributed by atoms with Crippen molar-refractivity contribution in [2.45, 2.75) is 0 Å². The number of rotatable bonds is 1. The largest absolute Gasteiger partial charge is 0.528 e. The van der Waals surface area contributed by atoms with Crippen LogP contribution in [0.15, 0.2) is 16.6 Å². The Labute approximate surface area is 69.8 Å². The average Bonchev–Trinajstić information content (AvgIpc) is 2.46. The molecule has 12 heavy (non-hydrogen) atoms. The molecule has 0 saturated carbocycles. The molecule has 0 bridgehead atoms.